The van der Waals surface area contributed by atoms with Crippen LogP contribution >= 0.6 is 11.8 Å². The Morgan fingerprint density at radius 2 is 2.00 bits per heavy atom. The first-order valence-electron chi connectivity index (χ1n) is 4.48. The van der Waals surface area contributed by atoms with Crippen LogP contribution in [0.1, 0.15) is 39.0 Å². The molecule has 1 N–H and O–H groups in total. The average molecular weight is 176 g/mol. The van der Waals surface area contributed by atoms with Gasteiger partial charge in [-0.2, -0.15) is 11.8 Å². The fourth-order valence-corrected chi connectivity index (χ4v) is 1.63. The third-order valence-corrected chi connectivity index (χ3v) is 2.47. The smallest absolute Gasteiger partial charge is 0.0630 e. The van der Waals surface area contributed by atoms with Crippen LogP contribution in [0.5, 0.6) is 0 Å². The fraction of sp³-hybridized carbons (Fsp3) is 1.00. The molecule has 0 aliphatic rings. The number of hydrogen-bond acceptors (Lipinski definition) is 2. The Bertz CT molecular complexity index is 76.0. The maximum atomic E-state index is 9.33. The zero-order chi connectivity index (χ0) is 8.53. The first kappa shape index (κ1) is 11.3. The summed E-state index contributed by atoms with van der Waals surface area (Å²) < 4.78 is 0. The molecule has 68 valence electrons. The summed E-state index contributed by atoms with van der Waals surface area (Å²) in [6, 6.07) is 0. The van der Waals surface area contributed by atoms with Gasteiger partial charge in [0.05, 0.1) is 6.10 Å². The molecule has 0 aliphatic carbocycles. The van der Waals surface area contributed by atoms with Crippen molar-refractivity contribution in [3.8, 4) is 0 Å². The molecule has 11 heavy (non-hydrogen) atoms. The highest BCUT2D eigenvalue weighted by molar-refractivity contribution is 7.98. The van der Waals surface area contributed by atoms with Gasteiger partial charge in [0.15, 0.2) is 0 Å². The number of rotatable bonds is 7. The largest absolute Gasteiger partial charge is 0.392 e. The lowest BCUT2D eigenvalue weighted by molar-refractivity contribution is 0.185. The van der Waals surface area contributed by atoms with Gasteiger partial charge in [0.2, 0.25) is 0 Å². The van der Waals surface area contributed by atoms with Crippen LogP contribution in [0.3, 0.4) is 0 Å². The molecule has 1 unspecified atom stereocenters. The third-order valence-electron chi connectivity index (χ3n) is 1.75. The Morgan fingerprint density at radius 3 is 2.55 bits per heavy atom. The van der Waals surface area contributed by atoms with Crippen LogP contribution in [-0.4, -0.2) is 23.2 Å². The quantitative estimate of drug-likeness (QED) is 0.602. The van der Waals surface area contributed by atoms with E-state index in [0.29, 0.717) is 0 Å². The summed E-state index contributed by atoms with van der Waals surface area (Å²) in [6.45, 7) is 2.21. The standard InChI is InChI=1S/C9H20OS/c1-3-4-5-6-7-9(10)8-11-2/h9-10H,3-8H2,1-2H3. The molecule has 0 saturated carbocycles. The fourth-order valence-electron chi connectivity index (χ4n) is 1.08. The molecular weight excluding hydrogens is 156 g/mol. The topological polar surface area (TPSA) is 20.2 Å². The highest BCUT2D eigenvalue weighted by Crippen LogP contribution is 2.08. The van der Waals surface area contributed by atoms with Crippen LogP contribution in [0.2, 0.25) is 0 Å². The molecule has 0 radical (unpaired) electrons. The molecule has 0 aromatic heterocycles. The van der Waals surface area contributed by atoms with Crippen molar-refractivity contribution in [1.82, 2.24) is 0 Å². The third kappa shape index (κ3) is 8.21. The van der Waals surface area contributed by atoms with Crippen molar-refractivity contribution in [3.05, 3.63) is 0 Å². The molecule has 1 atom stereocenters. The van der Waals surface area contributed by atoms with E-state index in [2.05, 4.69) is 6.92 Å². The van der Waals surface area contributed by atoms with E-state index in [0.717, 1.165) is 12.2 Å². The average Bonchev–Trinajstić information content (AvgIpc) is 1.99. The number of unbranched alkanes of at least 4 members (excludes halogenated alkanes) is 3. The SMILES string of the molecule is CCCCCCC(O)CSC. The Labute approximate surface area is 74.6 Å². The van der Waals surface area contributed by atoms with Crippen LogP contribution in [-0.2, 0) is 0 Å². The predicted octanol–water partition coefficient (Wildman–Crippen LogP) is 2.68. The van der Waals surface area contributed by atoms with Gasteiger partial charge in [-0.3, -0.25) is 0 Å². The van der Waals surface area contributed by atoms with Crippen LogP contribution < -0.4 is 0 Å². The zero-order valence-corrected chi connectivity index (χ0v) is 8.49. The summed E-state index contributed by atoms with van der Waals surface area (Å²) >= 11 is 1.72. The van der Waals surface area contributed by atoms with E-state index < -0.39 is 0 Å². The van der Waals surface area contributed by atoms with Crippen molar-refractivity contribution in [2.75, 3.05) is 12.0 Å². The summed E-state index contributed by atoms with van der Waals surface area (Å²) in [5, 5.41) is 9.33. The minimum absolute atomic E-state index is 0.0677. The van der Waals surface area contributed by atoms with Gasteiger partial charge in [-0.05, 0) is 12.7 Å². The molecule has 0 spiro atoms. The molecule has 0 heterocycles. The van der Waals surface area contributed by atoms with Crippen LogP contribution in [0, 0.1) is 0 Å². The first-order valence-corrected chi connectivity index (χ1v) is 5.87. The molecule has 0 saturated heterocycles. The minimum atomic E-state index is -0.0677. The predicted molar refractivity (Wildman–Crippen MR) is 53.1 cm³/mol. The molecular formula is C9H20OS. The molecule has 0 fully saturated rings. The molecule has 0 amide bonds. The van der Waals surface area contributed by atoms with Gasteiger partial charge >= 0.3 is 0 Å². The van der Waals surface area contributed by atoms with Crippen molar-refractivity contribution in [2.24, 2.45) is 0 Å². The van der Waals surface area contributed by atoms with E-state index in [-0.39, 0.29) is 6.10 Å². The Kier molecular flexibility index (Phi) is 8.64. The lowest BCUT2D eigenvalue weighted by Gasteiger charge is -2.07. The van der Waals surface area contributed by atoms with E-state index in [1.165, 1.54) is 25.7 Å². The van der Waals surface area contributed by atoms with Crippen LogP contribution in [0.15, 0.2) is 0 Å². The second-order valence-electron chi connectivity index (χ2n) is 2.96. The number of hydrogen-bond donors (Lipinski definition) is 1. The minimum Gasteiger partial charge on any atom is -0.392 e. The van der Waals surface area contributed by atoms with Gasteiger partial charge < -0.3 is 5.11 Å². The summed E-state index contributed by atoms with van der Waals surface area (Å²) in [5.41, 5.74) is 0. The lowest BCUT2D eigenvalue weighted by Crippen LogP contribution is -2.08. The van der Waals surface area contributed by atoms with Gasteiger partial charge in [0.1, 0.15) is 0 Å². The van der Waals surface area contributed by atoms with E-state index in [9.17, 15) is 5.11 Å². The van der Waals surface area contributed by atoms with Gasteiger partial charge in [-0.15, -0.1) is 0 Å². The Balaban J connectivity index is 2.97. The van der Waals surface area contributed by atoms with Crippen LogP contribution in [0.4, 0.5) is 0 Å². The zero-order valence-electron chi connectivity index (χ0n) is 7.68. The highest BCUT2D eigenvalue weighted by Gasteiger charge is 2.00. The van der Waals surface area contributed by atoms with Crippen molar-refractivity contribution in [1.29, 1.82) is 0 Å². The molecule has 0 rings (SSSR count). The molecule has 1 nitrogen and oxygen atoms in total. The Morgan fingerprint density at radius 1 is 1.27 bits per heavy atom. The molecule has 0 bridgehead atoms. The summed E-state index contributed by atoms with van der Waals surface area (Å²) in [6.07, 6.45) is 8.01. The van der Waals surface area contributed by atoms with Crippen molar-refractivity contribution >= 4 is 11.8 Å². The monoisotopic (exact) mass is 176 g/mol. The highest BCUT2D eigenvalue weighted by atomic mass is 32.2. The molecule has 2 heteroatoms. The van der Waals surface area contributed by atoms with Gasteiger partial charge in [0.25, 0.3) is 0 Å². The van der Waals surface area contributed by atoms with E-state index >= 15 is 0 Å². The van der Waals surface area contributed by atoms with Crippen molar-refractivity contribution < 1.29 is 5.11 Å². The maximum Gasteiger partial charge on any atom is 0.0630 e. The molecule has 0 aliphatic heterocycles. The second-order valence-corrected chi connectivity index (χ2v) is 3.87. The first-order chi connectivity index (χ1) is 5.31. The number of aliphatic hydroxyl groups excluding tert-OH is 1. The number of thioether (sulfide) groups is 1. The van der Waals surface area contributed by atoms with Gasteiger partial charge in [-0.25, -0.2) is 0 Å². The molecule has 0 aromatic carbocycles. The number of aliphatic hydroxyl groups is 1. The normalized spacial score (nSPS) is 13.4. The maximum absolute atomic E-state index is 9.33. The van der Waals surface area contributed by atoms with E-state index in [1.54, 1.807) is 11.8 Å². The Hall–Kier alpha value is 0.310. The van der Waals surface area contributed by atoms with E-state index in [4.69, 9.17) is 0 Å². The summed E-state index contributed by atoms with van der Waals surface area (Å²) in [4.78, 5) is 0. The second kappa shape index (κ2) is 8.41. The lowest BCUT2D eigenvalue weighted by atomic mass is 10.1. The molecule has 0 aromatic rings. The van der Waals surface area contributed by atoms with Crippen molar-refractivity contribution in [3.63, 3.8) is 0 Å². The summed E-state index contributed by atoms with van der Waals surface area (Å²) in [5.74, 6) is 0.895. The van der Waals surface area contributed by atoms with Gasteiger partial charge in [-0.1, -0.05) is 32.6 Å². The van der Waals surface area contributed by atoms with Crippen LogP contribution in [0.25, 0.3) is 0 Å². The van der Waals surface area contributed by atoms with Crippen molar-refractivity contribution in [2.45, 2.75) is 45.1 Å². The van der Waals surface area contributed by atoms with Gasteiger partial charge in [0, 0.05) is 5.75 Å². The van der Waals surface area contributed by atoms with E-state index in [1.807, 2.05) is 6.26 Å². The summed E-state index contributed by atoms with van der Waals surface area (Å²) in [7, 11) is 0.